The molecule has 4 heterocycles. The summed E-state index contributed by atoms with van der Waals surface area (Å²) in [6.45, 7) is 8.40. The van der Waals surface area contributed by atoms with Crippen molar-refractivity contribution in [2.75, 3.05) is 26.3 Å². The molecular formula is C19H29N3O2. The first-order valence-corrected chi connectivity index (χ1v) is 9.51. The first-order chi connectivity index (χ1) is 11.7. The van der Waals surface area contributed by atoms with E-state index in [1.54, 1.807) is 0 Å². The van der Waals surface area contributed by atoms with Crippen molar-refractivity contribution in [1.82, 2.24) is 14.9 Å². The predicted molar refractivity (Wildman–Crippen MR) is 91.9 cm³/mol. The highest BCUT2D eigenvalue weighted by Crippen LogP contribution is 2.41. The Morgan fingerprint density at radius 1 is 1.21 bits per heavy atom. The lowest BCUT2D eigenvalue weighted by molar-refractivity contribution is -0.0389. The molecular weight excluding hydrogens is 302 g/mol. The number of ether oxygens (including phenoxy) is 2. The van der Waals surface area contributed by atoms with Crippen LogP contribution in [0, 0.1) is 5.92 Å². The van der Waals surface area contributed by atoms with Gasteiger partial charge in [0.25, 0.3) is 0 Å². The Balaban J connectivity index is 1.41. The number of likely N-dealkylation sites (tertiary alicyclic amines) is 1. The molecule has 5 heteroatoms. The van der Waals surface area contributed by atoms with Crippen molar-refractivity contribution in [2.45, 2.75) is 63.7 Å². The van der Waals surface area contributed by atoms with Crippen LogP contribution in [0.1, 0.15) is 63.1 Å². The van der Waals surface area contributed by atoms with Crippen LogP contribution < -0.4 is 0 Å². The molecule has 0 aromatic carbocycles. The van der Waals surface area contributed by atoms with Crippen LogP contribution in [0.3, 0.4) is 0 Å². The molecule has 1 aromatic heterocycles. The van der Waals surface area contributed by atoms with E-state index in [1.165, 1.54) is 25.8 Å². The minimum Gasteiger partial charge on any atom is -0.381 e. The number of hydrogen-bond donors (Lipinski definition) is 0. The third-order valence-corrected chi connectivity index (χ3v) is 5.83. The SMILES string of the molecule is CC(C)c1nccc([C@@H]2C[C@H]3CCN(C4CCOCC4)C[C@@H]3O2)n1. The fraction of sp³-hybridized carbons (Fsp3) is 0.789. The molecule has 1 aromatic rings. The zero-order valence-electron chi connectivity index (χ0n) is 14.9. The molecule has 5 nitrogen and oxygen atoms in total. The Bertz CT molecular complexity index is 559. The van der Waals surface area contributed by atoms with Gasteiger partial charge in [-0.3, -0.25) is 4.90 Å². The molecule has 0 N–H and O–H groups in total. The van der Waals surface area contributed by atoms with E-state index in [4.69, 9.17) is 14.5 Å². The normalized spacial score (nSPS) is 32.2. The van der Waals surface area contributed by atoms with Crippen LogP contribution in [-0.2, 0) is 9.47 Å². The molecule has 0 spiro atoms. The molecule has 0 radical (unpaired) electrons. The summed E-state index contributed by atoms with van der Waals surface area (Å²) in [6.07, 6.45) is 7.10. The maximum atomic E-state index is 6.44. The van der Waals surface area contributed by atoms with Gasteiger partial charge in [-0.25, -0.2) is 9.97 Å². The summed E-state index contributed by atoms with van der Waals surface area (Å²) < 4.78 is 12.0. The third-order valence-electron chi connectivity index (χ3n) is 5.83. The summed E-state index contributed by atoms with van der Waals surface area (Å²) >= 11 is 0. The highest BCUT2D eigenvalue weighted by atomic mass is 16.5. The summed E-state index contributed by atoms with van der Waals surface area (Å²) in [5, 5.41) is 0. The standard InChI is InChI=1S/C19H29N3O2/c1-13(2)19-20-7-3-16(21-19)17-11-14-4-8-22(12-18(14)24-17)15-5-9-23-10-6-15/h3,7,13-15,17-18H,4-6,8-12H2,1-2H3/t14-,17+,18+/m1/s1. The Morgan fingerprint density at radius 3 is 2.83 bits per heavy atom. The molecule has 0 saturated carbocycles. The minimum atomic E-state index is 0.148. The van der Waals surface area contributed by atoms with Gasteiger partial charge in [-0.1, -0.05) is 13.8 Å². The lowest BCUT2D eigenvalue weighted by Crippen LogP contribution is -2.49. The largest absolute Gasteiger partial charge is 0.381 e. The molecule has 3 aliphatic heterocycles. The quantitative estimate of drug-likeness (QED) is 0.852. The smallest absolute Gasteiger partial charge is 0.131 e. The fourth-order valence-electron chi connectivity index (χ4n) is 4.37. The van der Waals surface area contributed by atoms with Gasteiger partial charge in [0.2, 0.25) is 0 Å². The van der Waals surface area contributed by atoms with Crippen LogP contribution in [0.25, 0.3) is 0 Å². The first-order valence-electron chi connectivity index (χ1n) is 9.51. The number of nitrogens with zero attached hydrogens (tertiary/aromatic N) is 3. The van der Waals surface area contributed by atoms with Gasteiger partial charge in [0.15, 0.2) is 0 Å². The first kappa shape index (κ1) is 16.4. The van der Waals surface area contributed by atoms with Gasteiger partial charge in [-0.2, -0.15) is 0 Å². The lowest BCUT2D eigenvalue weighted by atomic mass is 9.89. The number of piperidine rings is 1. The number of hydrogen-bond acceptors (Lipinski definition) is 5. The molecule has 0 aliphatic carbocycles. The zero-order valence-corrected chi connectivity index (χ0v) is 14.9. The van der Waals surface area contributed by atoms with Crippen molar-refractivity contribution in [1.29, 1.82) is 0 Å². The van der Waals surface area contributed by atoms with Gasteiger partial charge < -0.3 is 9.47 Å². The van der Waals surface area contributed by atoms with E-state index in [-0.39, 0.29) is 6.10 Å². The fourth-order valence-corrected chi connectivity index (χ4v) is 4.37. The van der Waals surface area contributed by atoms with Crippen LogP contribution in [0.4, 0.5) is 0 Å². The van der Waals surface area contributed by atoms with Crippen LogP contribution >= 0.6 is 0 Å². The third kappa shape index (κ3) is 3.35. The van der Waals surface area contributed by atoms with E-state index in [0.29, 0.717) is 24.0 Å². The van der Waals surface area contributed by atoms with Gasteiger partial charge in [-0.05, 0) is 44.2 Å². The van der Waals surface area contributed by atoms with E-state index in [1.807, 2.05) is 12.3 Å². The summed E-state index contributed by atoms with van der Waals surface area (Å²) in [6, 6.07) is 2.72. The molecule has 3 saturated heterocycles. The van der Waals surface area contributed by atoms with Crippen LogP contribution in [0.2, 0.25) is 0 Å². The van der Waals surface area contributed by atoms with E-state index >= 15 is 0 Å². The van der Waals surface area contributed by atoms with Gasteiger partial charge in [0.1, 0.15) is 11.9 Å². The van der Waals surface area contributed by atoms with Crippen molar-refractivity contribution in [2.24, 2.45) is 5.92 Å². The molecule has 4 rings (SSSR count). The average Bonchev–Trinajstić information content (AvgIpc) is 3.06. The van der Waals surface area contributed by atoms with Gasteiger partial charge in [0.05, 0.1) is 11.8 Å². The van der Waals surface area contributed by atoms with E-state index in [9.17, 15) is 0 Å². The average molecular weight is 331 g/mol. The molecule has 0 bridgehead atoms. The Morgan fingerprint density at radius 2 is 2.04 bits per heavy atom. The van der Waals surface area contributed by atoms with Gasteiger partial charge in [0, 0.05) is 37.9 Å². The molecule has 24 heavy (non-hydrogen) atoms. The molecule has 132 valence electrons. The van der Waals surface area contributed by atoms with Crippen molar-refractivity contribution >= 4 is 0 Å². The maximum absolute atomic E-state index is 6.44. The minimum absolute atomic E-state index is 0.148. The predicted octanol–water partition coefficient (Wildman–Crippen LogP) is 2.93. The van der Waals surface area contributed by atoms with Crippen molar-refractivity contribution in [3.63, 3.8) is 0 Å². The van der Waals surface area contributed by atoms with E-state index in [2.05, 4.69) is 23.7 Å². The lowest BCUT2D eigenvalue weighted by Gasteiger charge is -2.40. The topological polar surface area (TPSA) is 47.5 Å². The van der Waals surface area contributed by atoms with Gasteiger partial charge in [-0.15, -0.1) is 0 Å². The molecule has 0 amide bonds. The number of fused-ring (bicyclic) bond motifs is 1. The second kappa shape index (κ2) is 7.06. The summed E-state index contributed by atoms with van der Waals surface area (Å²) in [5.74, 6) is 1.97. The zero-order chi connectivity index (χ0) is 16.5. The maximum Gasteiger partial charge on any atom is 0.131 e. The van der Waals surface area contributed by atoms with Crippen LogP contribution in [0.5, 0.6) is 0 Å². The van der Waals surface area contributed by atoms with Crippen molar-refractivity contribution < 1.29 is 9.47 Å². The molecule has 3 fully saturated rings. The molecule has 0 unspecified atom stereocenters. The van der Waals surface area contributed by atoms with Crippen molar-refractivity contribution in [3.8, 4) is 0 Å². The molecule has 3 aliphatic rings. The number of aromatic nitrogens is 2. The summed E-state index contributed by atoms with van der Waals surface area (Å²) in [4.78, 5) is 11.8. The monoisotopic (exact) mass is 331 g/mol. The van der Waals surface area contributed by atoms with Crippen LogP contribution in [-0.4, -0.2) is 53.3 Å². The van der Waals surface area contributed by atoms with Crippen molar-refractivity contribution in [3.05, 3.63) is 23.8 Å². The van der Waals surface area contributed by atoms with Gasteiger partial charge >= 0.3 is 0 Å². The summed E-state index contributed by atoms with van der Waals surface area (Å²) in [7, 11) is 0. The Kier molecular flexibility index (Phi) is 4.83. The Hall–Kier alpha value is -1.04. The second-order valence-electron chi connectivity index (χ2n) is 7.78. The summed E-state index contributed by atoms with van der Waals surface area (Å²) in [5.41, 5.74) is 1.07. The highest BCUT2D eigenvalue weighted by molar-refractivity contribution is 5.10. The van der Waals surface area contributed by atoms with E-state index < -0.39 is 0 Å². The molecule has 3 atom stereocenters. The second-order valence-corrected chi connectivity index (χ2v) is 7.78. The number of rotatable bonds is 3. The Labute approximate surface area is 144 Å². The van der Waals surface area contributed by atoms with E-state index in [0.717, 1.165) is 37.7 Å². The highest BCUT2D eigenvalue weighted by Gasteiger charge is 2.41. The van der Waals surface area contributed by atoms with Crippen LogP contribution in [0.15, 0.2) is 12.3 Å².